The summed E-state index contributed by atoms with van der Waals surface area (Å²) in [4.78, 5) is 18.5. The molecule has 0 saturated carbocycles. The van der Waals surface area contributed by atoms with Crippen LogP contribution in [0.15, 0.2) is 67.3 Å². The van der Waals surface area contributed by atoms with Crippen molar-refractivity contribution in [3.8, 4) is 5.69 Å². The topological polar surface area (TPSA) is 51.0 Å². The third-order valence-corrected chi connectivity index (χ3v) is 4.88. The fourth-order valence-electron chi connectivity index (χ4n) is 2.99. The molecular weight excluding hydrogens is 324 g/mol. The predicted octanol–water partition coefficient (Wildman–Crippen LogP) is 3.98. The Morgan fingerprint density at radius 1 is 1.04 bits per heavy atom. The van der Waals surface area contributed by atoms with Gasteiger partial charge in [-0.15, -0.1) is 0 Å². The second-order valence-corrected chi connectivity index (χ2v) is 6.63. The van der Waals surface area contributed by atoms with Crippen LogP contribution in [-0.4, -0.2) is 32.6 Å². The Morgan fingerprint density at radius 3 is 2.35 bits per heavy atom. The first-order chi connectivity index (χ1) is 12.6. The van der Waals surface area contributed by atoms with Crippen LogP contribution in [-0.2, 0) is 4.79 Å². The molecule has 3 rings (SSSR count). The summed E-state index contributed by atoms with van der Waals surface area (Å²) < 4.78 is 1.71. The van der Waals surface area contributed by atoms with E-state index in [0.29, 0.717) is 6.42 Å². The van der Waals surface area contributed by atoms with Crippen LogP contribution in [0.3, 0.4) is 0 Å². The third-order valence-electron chi connectivity index (χ3n) is 4.88. The number of nitrogens with zero attached hydrogens (tertiary/aromatic N) is 4. The van der Waals surface area contributed by atoms with E-state index >= 15 is 0 Å². The van der Waals surface area contributed by atoms with Crippen LogP contribution in [0.4, 0.5) is 0 Å². The van der Waals surface area contributed by atoms with E-state index in [1.54, 1.807) is 11.0 Å². The minimum atomic E-state index is 0.00951. The molecule has 0 spiro atoms. The van der Waals surface area contributed by atoms with E-state index in [2.05, 4.69) is 36.1 Å². The summed E-state index contributed by atoms with van der Waals surface area (Å²) in [5, 5.41) is 4.13. The van der Waals surface area contributed by atoms with Crippen molar-refractivity contribution in [1.29, 1.82) is 0 Å². The quantitative estimate of drug-likeness (QED) is 0.677. The second kappa shape index (κ2) is 7.95. The van der Waals surface area contributed by atoms with Crippen LogP contribution in [0, 0.1) is 0 Å². The summed E-state index contributed by atoms with van der Waals surface area (Å²) in [6, 6.07) is 18.2. The van der Waals surface area contributed by atoms with E-state index in [4.69, 9.17) is 0 Å². The summed E-state index contributed by atoms with van der Waals surface area (Å²) in [6.07, 6.45) is 3.68. The van der Waals surface area contributed by atoms with Crippen LogP contribution < -0.4 is 0 Å². The molecule has 1 amide bonds. The number of carbonyl (C=O) groups is 1. The monoisotopic (exact) mass is 348 g/mol. The number of carbonyl (C=O) groups excluding carboxylic acids is 1. The molecule has 0 N–H and O–H groups in total. The van der Waals surface area contributed by atoms with Gasteiger partial charge in [0.1, 0.15) is 12.7 Å². The molecule has 0 saturated heterocycles. The maximum absolute atomic E-state index is 12.7. The van der Waals surface area contributed by atoms with Gasteiger partial charge in [-0.1, -0.05) is 49.4 Å². The molecule has 1 heterocycles. The van der Waals surface area contributed by atoms with Crippen LogP contribution in [0.2, 0.25) is 0 Å². The first-order valence-corrected chi connectivity index (χ1v) is 8.82. The first kappa shape index (κ1) is 17.9. The summed E-state index contributed by atoms with van der Waals surface area (Å²) in [6.45, 7) is 4.15. The molecule has 0 radical (unpaired) electrons. The lowest BCUT2D eigenvalue weighted by Gasteiger charge is -2.27. The largest absolute Gasteiger partial charge is 0.339 e. The van der Waals surface area contributed by atoms with Gasteiger partial charge in [0.2, 0.25) is 5.91 Å². The molecule has 2 aromatic carbocycles. The Morgan fingerprint density at radius 2 is 1.73 bits per heavy atom. The molecule has 5 heteroatoms. The molecule has 0 bridgehead atoms. The van der Waals surface area contributed by atoms with Crippen LogP contribution in [0.1, 0.15) is 43.4 Å². The minimum Gasteiger partial charge on any atom is -0.339 e. The number of benzene rings is 2. The Labute approximate surface area is 154 Å². The first-order valence-electron chi connectivity index (χ1n) is 8.82. The maximum atomic E-state index is 12.7. The maximum Gasteiger partial charge on any atom is 0.223 e. The van der Waals surface area contributed by atoms with Gasteiger partial charge in [-0.05, 0) is 36.1 Å². The molecule has 0 fully saturated rings. The number of aromatic nitrogens is 3. The summed E-state index contributed by atoms with van der Waals surface area (Å²) in [5.74, 6) is 0.349. The van der Waals surface area contributed by atoms with E-state index in [1.807, 2.05) is 54.4 Å². The summed E-state index contributed by atoms with van der Waals surface area (Å²) in [5.41, 5.74) is 3.24. The average Bonchev–Trinajstić information content (AvgIpc) is 3.22. The Kier molecular flexibility index (Phi) is 5.46. The molecule has 5 nitrogen and oxygen atoms in total. The smallest absolute Gasteiger partial charge is 0.223 e. The molecular formula is C21H24N4O. The van der Waals surface area contributed by atoms with Crippen molar-refractivity contribution in [3.05, 3.63) is 78.4 Å². The van der Waals surface area contributed by atoms with Gasteiger partial charge in [0.05, 0.1) is 11.7 Å². The van der Waals surface area contributed by atoms with Crippen molar-refractivity contribution in [3.63, 3.8) is 0 Å². The molecule has 0 aliphatic rings. The van der Waals surface area contributed by atoms with Gasteiger partial charge in [-0.3, -0.25) is 4.79 Å². The summed E-state index contributed by atoms with van der Waals surface area (Å²) in [7, 11) is 1.87. The molecule has 2 unspecified atom stereocenters. The summed E-state index contributed by atoms with van der Waals surface area (Å²) >= 11 is 0. The molecule has 0 aliphatic heterocycles. The second-order valence-electron chi connectivity index (χ2n) is 6.63. The molecule has 3 aromatic rings. The van der Waals surface area contributed by atoms with E-state index in [1.165, 1.54) is 11.9 Å². The molecule has 134 valence electrons. The number of hydrogen-bond acceptors (Lipinski definition) is 3. The van der Waals surface area contributed by atoms with Crippen molar-refractivity contribution in [2.75, 3.05) is 7.05 Å². The van der Waals surface area contributed by atoms with E-state index in [-0.39, 0.29) is 17.9 Å². The van der Waals surface area contributed by atoms with Crippen LogP contribution >= 0.6 is 0 Å². The Balaban J connectivity index is 1.65. The van der Waals surface area contributed by atoms with E-state index in [0.717, 1.165) is 11.3 Å². The van der Waals surface area contributed by atoms with Crippen LogP contribution in [0.25, 0.3) is 5.69 Å². The zero-order valence-corrected chi connectivity index (χ0v) is 15.4. The van der Waals surface area contributed by atoms with Gasteiger partial charge in [0.25, 0.3) is 0 Å². The zero-order valence-electron chi connectivity index (χ0n) is 15.4. The van der Waals surface area contributed by atoms with Crippen molar-refractivity contribution in [2.24, 2.45) is 0 Å². The standard InChI is InChI=1S/C21H24N4O/c1-16(18-7-5-4-6-8-18)13-21(26)24(3)17(2)19-9-11-20(12-10-19)25-15-22-14-23-25/h4-12,14-17H,13H2,1-3H3. The number of amides is 1. The van der Waals surface area contributed by atoms with Gasteiger partial charge >= 0.3 is 0 Å². The van der Waals surface area contributed by atoms with Crippen molar-refractivity contribution in [2.45, 2.75) is 32.2 Å². The van der Waals surface area contributed by atoms with Crippen molar-refractivity contribution < 1.29 is 4.79 Å². The average molecular weight is 348 g/mol. The molecule has 26 heavy (non-hydrogen) atoms. The Bertz CT molecular complexity index is 828. The fraction of sp³-hybridized carbons (Fsp3) is 0.286. The SMILES string of the molecule is CC(CC(=O)N(C)C(C)c1ccc(-n2cncn2)cc1)c1ccccc1. The Hall–Kier alpha value is -2.95. The highest BCUT2D eigenvalue weighted by Gasteiger charge is 2.20. The minimum absolute atomic E-state index is 0.00951. The van der Waals surface area contributed by atoms with E-state index < -0.39 is 0 Å². The predicted molar refractivity (Wildman–Crippen MR) is 102 cm³/mol. The number of rotatable bonds is 6. The van der Waals surface area contributed by atoms with Gasteiger partial charge in [0.15, 0.2) is 0 Å². The highest BCUT2D eigenvalue weighted by Crippen LogP contribution is 2.24. The van der Waals surface area contributed by atoms with Crippen molar-refractivity contribution >= 4 is 5.91 Å². The van der Waals surface area contributed by atoms with Gasteiger partial charge in [-0.25, -0.2) is 9.67 Å². The van der Waals surface area contributed by atoms with E-state index in [9.17, 15) is 4.79 Å². The zero-order chi connectivity index (χ0) is 18.5. The fourth-order valence-corrected chi connectivity index (χ4v) is 2.99. The lowest BCUT2D eigenvalue weighted by atomic mass is 9.96. The van der Waals surface area contributed by atoms with Gasteiger partial charge < -0.3 is 4.90 Å². The van der Waals surface area contributed by atoms with Gasteiger partial charge in [0, 0.05) is 13.5 Å². The normalized spacial score (nSPS) is 13.2. The molecule has 0 aliphatic carbocycles. The van der Waals surface area contributed by atoms with Crippen LogP contribution in [0.5, 0.6) is 0 Å². The number of hydrogen-bond donors (Lipinski definition) is 0. The highest BCUT2D eigenvalue weighted by molar-refractivity contribution is 5.77. The lowest BCUT2D eigenvalue weighted by Crippen LogP contribution is -2.30. The molecule has 2 atom stereocenters. The third kappa shape index (κ3) is 3.99. The van der Waals surface area contributed by atoms with Gasteiger partial charge in [-0.2, -0.15) is 5.10 Å². The lowest BCUT2D eigenvalue weighted by molar-refractivity contribution is -0.132. The molecule has 1 aromatic heterocycles. The van der Waals surface area contributed by atoms with Crippen molar-refractivity contribution in [1.82, 2.24) is 19.7 Å². The highest BCUT2D eigenvalue weighted by atomic mass is 16.2.